The van der Waals surface area contributed by atoms with Crippen LogP contribution in [0.5, 0.6) is 5.88 Å². The van der Waals surface area contributed by atoms with Crippen molar-refractivity contribution in [3.63, 3.8) is 0 Å². The molecule has 53 heavy (non-hydrogen) atoms. The number of benzene rings is 2. The van der Waals surface area contributed by atoms with E-state index in [0.29, 0.717) is 41.8 Å². The highest BCUT2D eigenvalue weighted by Gasteiger charge is 2.30. The fourth-order valence-corrected chi connectivity index (χ4v) is 7.43. The molecule has 0 saturated carbocycles. The van der Waals surface area contributed by atoms with Gasteiger partial charge in [0, 0.05) is 38.6 Å². The summed E-state index contributed by atoms with van der Waals surface area (Å²) in [6, 6.07) is 7.87. The fourth-order valence-electron chi connectivity index (χ4n) is 7.16. The Morgan fingerprint density at radius 2 is 1.23 bits per heavy atom. The lowest BCUT2D eigenvalue weighted by Gasteiger charge is -2.37. The summed E-state index contributed by atoms with van der Waals surface area (Å²) in [5, 5.41) is 23.2. The average Bonchev–Trinajstić information content (AvgIpc) is 3.84. The van der Waals surface area contributed by atoms with Gasteiger partial charge < -0.3 is 9.84 Å². The van der Waals surface area contributed by atoms with Crippen LogP contribution in [0.2, 0.25) is 10.0 Å². The summed E-state index contributed by atoms with van der Waals surface area (Å²) in [6.45, 7) is 12.2. The first-order valence-corrected chi connectivity index (χ1v) is 18.5. The van der Waals surface area contributed by atoms with E-state index in [4.69, 9.17) is 27.9 Å². The molecule has 0 radical (unpaired) electrons. The third-order valence-electron chi connectivity index (χ3n) is 9.65. The Kier molecular flexibility index (Phi) is 11.3. The SMILES string of the molecule is CCOC(=O)N1CCCCN1C(=O)Cc1c(C)cc(-n2cc(Cl)cn2)cc1C.Cc1cc(-n2cc(Cl)cn2)cc(C)c1-c1c(O)n2n(c1=O)CCCC2. The van der Waals surface area contributed by atoms with E-state index >= 15 is 0 Å². The Bertz CT molecular complexity index is 2170. The zero-order valence-electron chi connectivity index (χ0n) is 30.6. The van der Waals surface area contributed by atoms with Gasteiger partial charge in [-0.25, -0.2) is 28.9 Å². The highest BCUT2D eigenvalue weighted by atomic mass is 35.5. The third-order valence-corrected chi connectivity index (χ3v) is 10.0. The topological polar surface area (TPSA) is 133 Å². The molecule has 13 nitrogen and oxygen atoms in total. The monoisotopic (exact) mass is 762 g/mol. The summed E-state index contributed by atoms with van der Waals surface area (Å²) >= 11 is 11.9. The van der Waals surface area contributed by atoms with E-state index in [1.807, 2.05) is 52.0 Å². The predicted octanol–water partition coefficient (Wildman–Crippen LogP) is 6.95. The molecular weight excluding hydrogens is 719 g/mol. The van der Waals surface area contributed by atoms with Gasteiger partial charge in [0.05, 0.1) is 46.8 Å². The van der Waals surface area contributed by atoms with E-state index in [1.54, 1.807) is 50.4 Å². The van der Waals surface area contributed by atoms with E-state index in [2.05, 4.69) is 10.2 Å². The van der Waals surface area contributed by atoms with Crippen molar-refractivity contribution >= 4 is 35.2 Å². The van der Waals surface area contributed by atoms with Gasteiger partial charge >= 0.3 is 6.09 Å². The van der Waals surface area contributed by atoms with Crippen molar-refractivity contribution in [2.75, 3.05) is 19.7 Å². The Hall–Kier alpha value is -5.01. The molecule has 2 amide bonds. The first-order chi connectivity index (χ1) is 25.4. The molecule has 0 bridgehead atoms. The van der Waals surface area contributed by atoms with Crippen molar-refractivity contribution in [2.24, 2.45) is 0 Å². The van der Waals surface area contributed by atoms with Gasteiger partial charge in [0.2, 0.25) is 11.8 Å². The lowest BCUT2D eigenvalue weighted by molar-refractivity contribution is -0.148. The lowest BCUT2D eigenvalue weighted by atomic mass is 9.96. The number of hydrogen-bond acceptors (Lipinski definition) is 7. The van der Waals surface area contributed by atoms with Gasteiger partial charge in [0.15, 0.2) is 0 Å². The Balaban J connectivity index is 0.000000182. The van der Waals surface area contributed by atoms with Gasteiger partial charge in [-0.3, -0.25) is 14.3 Å². The van der Waals surface area contributed by atoms with Crippen LogP contribution < -0.4 is 5.56 Å². The number of hydrazine groups is 1. The van der Waals surface area contributed by atoms with Crippen molar-refractivity contribution in [1.29, 1.82) is 0 Å². The van der Waals surface area contributed by atoms with Crippen LogP contribution >= 0.6 is 23.2 Å². The molecule has 0 aliphatic carbocycles. The second kappa shape index (κ2) is 15.9. The van der Waals surface area contributed by atoms with E-state index in [0.717, 1.165) is 70.4 Å². The number of fused-ring (bicyclic) bond motifs is 1. The molecule has 15 heteroatoms. The van der Waals surface area contributed by atoms with E-state index in [9.17, 15) is 19.5 Å². The molecule has 1 N–H and O–H groups in total. The van der Waals surface area contributed by atoms with Crippen molar-refractivity contribution in [1.82, 2.24) is 38.9 Å². The summed E-state index contributed by atoms with van der Waals surface area (Å²) in [6.07, 6.45) is 10.1. The van der Waals surface area contributed by atoms with Crippen LogP contribution in [0.3, 0.4) is 0 Å². The van der Waals surface area contributed by atoms with Crippen molar-refractivity contribution in [3.8, 4) is 28.4 Å². The average molecular weight is 764 g/mol. The minimum Gasteiger partial charge on any atom is -0.493 e. The maximum Gasteiger partial charge on any atom is 0.428 e. The summed E-state index contributed by atoms with van der Waals surface area (Å²) in [5.74, 6) is -0.0420. The molecule has 0 spiro atoms. The zero-order valence-corrected chi connectivity index (χ0v) is 32.1. The lowest BCUT2D eigenvalue weighted by Crippen LogP contribution is -2.53. The van der Waals surface area contributed by atoms with Crippen molar-refractivity contribution < 1.29 is 19.4 Å². The Labute approximate surface area is 317 Å². The number of aromatic hydroxyl groups is 1. The number of amides is 2. The van der Waals surface area contributed by atoms with E-state index in [1.165, 1.54) is 10.0 Å². The first kappa shape index (κ1) is 37.7. The number of ether oxygens (including phenoxy) is 1. The molecule has 2 aliphatic rings. The molecule has 7 rings (SSSR count). The van der Waals surface area contributed by atoms with Gasteiger partial charge in [0.25, 0.3) is 5.56 Å². The number of hydrogen-bond donors (Lipinski definition) is 1. The summed E-state index contributed by atoms with van der Waals surface area (Å²) in [7, 11) is 0. The Morgan fingerprint density at radius 1 is 0.736 bits per heavy atom. The van der Waals surface area contributed by atoms with Crippen molar-refractivity contribution in [3.05, 3.63) is 97.3 Å². The molecule has 1 saturated heterocycles. The van der Waals surface area contributed by atoms with Crippen LogP contribution in [0.1, 0.15) is 60.4 Å². The minimum absolute atomic E-state index is 0.0609. The molecule has 5 aromatic rings. The number of halogens is 2. The number of aryl methyl sites for hydroxylation is 4. The molecular formula is C38H44Cl2N8O5. The highest BCUT2D eigenvalue weighted by Crippen LogP contribution is 2.34. The largest absolute Gasteiger partial charge is 0.493 e. The van der Waals surface area contributed by atoms with E-state index in [-0.39, 0.29) is 30.4 Å². The number of nitrogens with zero attached hydrogens (tertiary/aromatic N) is 8. The summed E-state index contributed by atoms with van der Waals surface area (Å²) in [5.41, 5.74) is 7.60. The molecule has 0 unspecified atom stereocenters. The second-order valence-corrected chi connectivity index (χ2v) is 14.3. The minimum atomic E-state index is -0.463. The van der Waals surface area contributed by atoms with Crippen LogP contribution in [0, 0.1) is 27.7 Å². The molecule has 2 aliphatic heterocycles. The molecule has 5 heterocycles. The molecule has 2 aromatic carbocycles. The normalized spacial score (nSPS) is 14.1. The van der Waals surface area contributed by atoms with Crippen LogP contribution in [0.25, 0.3) is 22.5 Å². The first-order valence-electron chi connectivity index (χ1n) is 17.8. The van der Waals surface area contributed by atoms with Crippen LogP contribution in [0.4, 0.5) is 4.79 Å². The molecule has 1 fully saturated rings. The number of aromatic nitrogens is 6. The third kappa shape index (κ3) is 7.86. The smallest absolute Gasteiger partial charge is 0.428 e. The van der Waals surface area contributed by atoms with Crippen LogP contribution in [-0.2, 0) is 29.0 Å². The van der Waals surface area contributed by atoms with Gasteiger partial charge in [-0.2, -0.15) is 10.2 Å². The number of carbonyl (C=O) groups is 2. The summed E-state index contributed by atoms with van der Waals surface area (Å²) in [4.78, 5) is 38.0. The molecule has 3 aromatic heterocycles. The standard InChI is InChI=1S/C20H25ClN4O3.C18H19ClN4O2/c1-4-28-20(27)25-8-6-5-7-24(25)19(26)11-18-14(2)9-17(10-15(18)3)23-13-16(21)12-22-23;1-11-7-14(21-10-13(19)9-20-21)8-12(2)15(11)16-17(24)22-5-3-4-6-23(22)18(16)25/h9-10,12-13H,4-8,11H2,1-3H3;7-10,24H,3-6H2,1-2H3. The van der Waals surface area contributed by atoms with Gasteiger partial charge in [0.1, 0.15) is 5.56 Å². The van der Waals surface area contributed by atoms with Crippen LogP contribution in [-0.4, -0.2) is 75.7 Å². The quantitative estimate of drug-likeness (QED) is 0.198. The van der Waals surface area contributed by atoms with Gasteiger partial charge in [-0.15, -0.1) is 0 Å². The van der Waals surface area contributed by atoms with E-state index < -0.39 is 6.09 Å². The van der Waals surface area contributed by atoms with Crippen molar-refractivity contribution in [2.45, 2.75) is 79.8 Å². The maximum absolute atomic E-state index is 13.0. The predicted molar refractivity (Wildman–Crippen MR) is 203 cm³/mol. The van der Waals surface area contributed by atoms with Gasteiger partial charge in [-0.05, 0) is 118 Å². The highest BCUT2D eigenvalue weighted by molar-refractivity contribution is 6.30. The fraction of sp³-hybridized carbons (Fsp3) is 0.395. The number of carbonyl (C=O) groups excluding carboxylic acids is 2. The maximum atomic E-state index is 13.0. The molecule has 0 atom stereocenters. The van der Waals surface area contributed by atoms with Gasteiger partial charge in [-0.1, -0.05) is 23.2 Å². The summed E-state index contributed by atoms with van der Waals surface area (Å²) < 4.78 is 11.8. The number of rotatable bonds is 6. The molecule has 280 valence electrons. The second-order valence-electron chi connectivity index (χ2n) is 13.4. The van der Waals surface area contributed by atoms with Crippen LogP contribution in [0.15, 0.2) is 53.8 Å². The zero-order chi connectivity index (χ0) is 38.0. The Morgan fingerprint density at radius 3 is 1.72 bits per heavy atom.